The van der Waals surface area contributed by atoms with Gasteiger partial charge in [-0.1, -0.05) is 11.6 Å². The first-order valence-corrected chi connectivity index (χ1v) is 6.49. The third-order valence-electron chi connectivity index (χ3n) is 2.31. The third kappa shape index (κ3) is 2.78. The molecule has 0 aliphatic carbocycles. The second-order valence-electron chi connectivity index (χ2n) is 3.68. The number of hydrogen-bond acceptors (Lipinski definition) is 3. The van der Waals surface area contributed by atoms with Crippen LogP contribution in [0.4, 0.5) is 5.00 Å². The molecule has 1 amide bonds. The average molecular weight is 280 g/mol. The Bertz CT molecular complexity index is 589. The van der Waals surface area contributed by atoms with Crippen molar-refractivity contribution in [3.05, 3.63) is 51.9 Å². The first-order valence-electron chi connectivity index (χ1n) is 5.23. The largest absolute Gasteiger partial charge is 0.317 e. The zero-order chi connectivity index (χ0) is 13.1. The molecule has 5 heteroatoms. The lowest BCUT2D eigenvalue weighted by Gasteiger charge is -2.03. The topological polar surface area (TPSA) is 46.2 Å². The van der Waals surface area contributed by atoms with Gasteiger partial charge in [-0.3, -0.25) is 9.59 Å². The van der Waals surface area contributed by atoms with Crippen LogP contribution in [0, 0.1) is 0 Å². The third-order valence-corrected chi connectivity index (χ3v) is 3.39. The first kappa shape index (κ1) is 12.8. The van der Waals surface area contributed by atoms with Crippen molar-refractivity contribution in [1.82, 2.24) is 0 Å². The van der Waals surface area contributed by atoms with Gasteiger partial charge in [-0.15, -0.1) is 11.3 Å². The summed E-state index contributed by atoms with van der Waals surface area (Å²) in [4.78, 5) is 23.3. The van der Waals surface area contributed by atoms with Gasteiger partial charge in [-0.25, -0.2) is 0 Å². The predicted octanol–water partition coefficient (Wildman–Crippen LogP) is 3.59. The molecule has 0 bridgehead atoms. The highest BCUT2D eigenvalue weighted by atomic mass is 35.5. The molecule has 0 spiro atoms. The molecule has 3 nitrogen and oxygen atoms in total. The molecule has 0 saturated heterocycles. The van der Waals surface area contributed by atoms with Gasteiger partial charge in [0.05, 0.1) is 5.56 Å². The van der Waals surface area contributed by atoms with Crippen LogP contribution in [-0.4, -0.2) is 11.7 Å². The van der Waals surface area contributed by atoms with Crippen LogP contribution in [-0.2, 0) is 4.79 Å². The number of benzene rings is 1. The molecule has 0 unspecified atom stereocenters. The minimum atomic E-state index is -0.192. The number of thiophene rings is 1. The molecule has 1 N–H and O–H groups in total. The minimum Gasteiger partial charge on any atom is -0.317 e. The van der Waals surface area contributed by atoms with Crippen molar-refractivity contribution < 1.29 is 9.59 Å². The van der Waals surface area contributed by atoms with E-state index in [1.54, 1.807) is 35.7 Å². The van der Waals surface area contributed by atoms with E-state index >= 15 is 0 Å². The van der Waals surface area contributed by atoms with Gasteiger partial charge in [0.1, 0.15) is 5.00 Å². The number of rotatable bonds is 3. The van der Waals surface area contributed by atoms with E-state index in [0.29, 0.717) is 21.2 Å². The number of nitrogens with one attached hydrogen (secondary N) is 1. The second kappa shape index (κ2) is 5.33. The lowest BCUT2D eigenvalue weighted by atomic mass is 10.1. The van der Waals surface area contributed by atoms with Gasteiger partial charge in [0, 0.05) is 17.5 Å². The maximum atomic E-state index is 12.2. The molecule has 1 aromatic heterocycles. The number of amides is 1. The molecule has 2 rings (SSSR count). The summed E-state index contributed by atoms with van der Waals surface area (Å²) in [6, 6.07) is 8.37. The predicted molar refractivity (Wildman–Crippen MR) is 73.5 cm³/mol. The fourth-order valence-corrected chi connectivity index (χ4v) is 2.46. The van der Waals surface area contributed by atoms with Gasteiger partial charge in [-0.05, 0) is 35.7 Å². The highest BCUT2D eigenvalue weighted by Gasteiger charge is 2.15. The fourth-order valence-electron chi connectivity index (χ4n) is 1.50. The van der Waals surface area contributed by atoms with Crippen molar-refractivity contribution in [3.63, 3.8) is 0 Å². The lowest BCUT2D eigenvalue weighted by Crippen LogP contribution is -2.09. The molecule has 1 aromatic carbocycles. The Morgan fingerprint density at radius 2 is 1.83 bits per heavy atom. The van der Waals surface area contributed by atoms with Gasteiger partial charge in [0.15, 0.2) is 5.78 Å². The summed E-state index contributed by atoms with van der Waals surface area (Å²) in [7, 11) is 0. The highest BCUT2D eigenvalue weighted by molar-refractivity contribution is 7.14. The second-order valence-corrected chi connectivity index (χ2v) is 5.03. The molecular weight excluding hydrogens is 270 g/mol. The van der Waals surface area contributed by atoms with Gasteiger partial charge in [0.2, 0.25) is 5.91 Å². The van der Waals surface area contributed by atoms with E-state index in [4.69, 9.17) is 11.6 Å². The number of anilines is 1. The molecule has 0 saturated carbocycles. The molecule has 92 valence electrons. The zero-order valence-electron chi connectivity index (χ0n) is 9.57. The molecule has 0 aliphatic heterocycles. The van der Waals surface area contributed by atoms with Crippen LogP contribution < -0.4 is 5.32 Å². The molecule has 1 heterocycles. The van der Waals surface area contributed by atoms with E-state index in [9.17, 15) is 9.59 Å². The van der Waals surface area contributed by atoms with Crippen LogP contribution in [0.15, 0.2) is 35.7 Å². The van der Waals surface area contributed by atoms with Gasteiger partial charge < -0.3 is 5.32 Å². The summed E-state index contributed by atoms with van der Waals surface area (Å²) < 4.78 is 0. The summed E-state index contributed by atoms with van der Waals surface area (Å²) in [5.74, 6) is -0.320. The highest BCUT2D eigenvalue weighted by Crippen LogP contribution is 2.26. The van der Waals surface area contributed by atoms with E-state index in [-0.39, 0.29) is 11.7 Å². The van der Waals surface area contributed by atoms with Crippen LogP contribution in [0.3, 0.4) is 0 Å². The van der Waals surface area contributed by atoms with Crippen molar-refractivity contribution in [2.45, 2.75) is 6.92 Å². The Hall–Kier alpha value is -1.65. The fraction of sp³-hybridized carbons (Fsp3) is 0.0769. The van der Waals surface area contributed by atoms with Crippen molar-refractivity contribution >= 4 is 39.6 Å². The minimum absolute atomic E-state index is 0.128. The average Bonchev–Trinajstić information content (AvgIpc) is 2.76. The lowest BCUT2D eigenvalue weighted by molar-refractivity contribution is -0.114. The smallest absolute Gasteiger partial charge is 0.221 e. The Balaban J connectivity index is 2.31. The first-order chi connectivity index (χ1) is 8.58. The number of ketones is 1. The Morgan fingerprint density at radius 1 is 1.17 bits per heavy atom. The monoisotopic (exact) mass is 279 g/mol. The molecule has 18 heavy (non-hydrogen) atoms. The van der Waals surface area contributed by atoms with Crippen molar-refractivity contribution in [2.24, 2.45) is 0 Å². The quantitative estimate of drug-likeness (QED) is 0.873. The van der Waals surface area contributed by atoms with E-state index < -0.39 is 0 Å². The van der Waals surface area contributed by atoms with Crippen LogP contribution in [0.25, 0.3) is 0 Å². The van der Waals surface area contributed by atoms with Crippen molar-refractivity contribution in [2.75, 3.05) is 5.32 Å². The normalized spacial score (nSPS) is 10.1. The maximum absolute atomic E-state index is 12.2. The summed E-state index contributed by atoms with van der Waals surface area (Å²) in [5.41, 5.74) is 1.04. The summed E-state index contributed by atoms with van der Waals surface area (Å²) >= 11 is 7.10. The van der Waals surface area contributed by atoms with E-state index in [0.717, 1.165) is 0 Å². The summed E-state index contributed by atoms with van der Waals surface area (Å²) in [6.45, 7) is 1.41. The summed E-state index contributed by atoms with van der Waals surface area (Å²) in [5, 5.41) is 5.57. The number of halogens is 1. The van der Waals surface area contributed by atoms with Crippen molar-refractivity contribution in [3.8, 4) is 0 Å². The van der Waals surface area contributed by atoms with Gasteiger partial charge in [0.25, 0.3) is 0 Å². The summed E-state index contributed by atoms with van der Waals surface area (Å²) in [6.07, 6.45) is 0. The van der Waals surface area contributed by atoms with Crippen LogP contribution in [0.5, 0.6) is 0 Å². The van der Waals surface area contributed by atoms with E-state index in [2.05, 4.69) is 5.32 Å². The number of carbonyl (C=O) groups excluding carboxylic acids is 2. The molecule has 0 fully saturated rings. The zero-order valence-corrected chi connectivity index (χ0v) is 11.1. The van der Waals surface area contributed by atoms with Crippen LogP contribution in [0.1, 0.15) is 22.8 Å². The number of hydrogen-bond donors (Lipinski definition) is 1. The molecule has 0 atom stereocenters. The van der Waals surface area contributed by atoms with Crippen LogP contribution >= 0.6 is 22.9 Å². The van der Waals surface area contributed by atoms with E-state index in [1.807, 2.05) is 0 Å². The van der Waals surface area contributed by atoms with E-state index in [1.165, 1.54) is 18.3 Å². The van der Waals surface area contributed by atoms with Crippen LogP contribution in [0.2, 0.25) is 5.02 Å². The SMILES string of the molecule is CC(=O)Nc1sccc1C(=O)c1ccc(Cl)cc1. The van der Waals surface area contributed by atoms with Gasteiger partial charge >= 0.3 is 0 Å². The maximum Gasteiger partial charge on any atom is 0.221 e. The Kier molecular flexibility index (Phi) is 3.79. The Morgan fingerprint density at radius 3 is 2.44 bits per heavy atom. The molecule has 2 aromatic rings. The number of carbonyl (C=O) groups is 2. The molecule has 0 radical (unpaired) electrons. The molecular formula is C13H10ClNO2S. The standard InChI is InChI=1S/C13H10ClNO2S/c1-8(16)15-13-11(6-7-18-13)12(17)9-2-4-10(14)5-3-9/h2-7H,1H3,(H,15,16). The Labute approximate surface area is 113 Å². The van der Waals surface area contributed by atoms with Crippen molar-refractivity contribution in [1.29, 1.82) is 0 Å². The van der Waals surface area contributed by atoms with Gasteiger partial charge in [-0.2, -0.15) is 0 Å². The molecule has 0 aliphatic rings.